The summed E-state index contributed by atoms with van der Waals surface area (Å²) in [4.78, 5) is 23.9. The number of ether oxygens (including phenoxy) is 3. The molecule has 34 heavy (non-hydrogen) atoms. The van der Waals surface area contributed by atoms with Crippen molar-refractivity contribution in [2.45, 2.75) is 25.6 Å². The van der Waals surface area contributed by atoms with Crippen molar-refractivity contribution in [3.8, 4) is 5.88 Å². The van der Waals surface area contributed by atoms with Gasteiger partial charge in [0, 0.05) is 25.0 Å². The standard InChI is InChI=1S/C21H25F4N5O4/c1-4-33-12-20(2,30-19(26)21(23,24)25)14-9-13(5-6-15(14)22)29-18(31)16-10-28-17(11-27-16)34-8-7-32-3/h5-6,9-11H,4,7-8,12H2,1-3H3,(H2,26,30)(H,29,31)/t20-/m0/s1. The van der Waals surface area contributed by atoms with Crippen LogP contribution >= 0.6 is 0 Å². The molecule has 0 unspecified atom stereocenters. The average molecular weight is 487 g/mol. The van der Waals surface area contributed by atoms with Crippen molar-refractivity contribution in [2.75, 3.05) is 38.9 Å². The maximum atomic E-state index is 14.7. The quantitative estimate of drug-likeness (QED) is 0.216. The number of methoxy groups -OCH3 is 1. The predicted octanol–water partition coefficient (Wildman–Crippen LogP) is 3.06. The number of carbonyl (C=O) groups excluding carboxylic acids is 1. The van der Waals surface area contributed by atoms with Crippen LogP contribution in [0.2, 0.25) is 0 Å². The minimum atomic E-state index is -4.91. The first-order chi connectivity index (χ1) is 16.0. The van der Waals surface area contributed by atoms with Gasteiger partial charge in [0.05, 0.1) is 25.6 Å². The fourth-order valence-electron chi connectivity index (χ4n) is 2.75. The van der Waals surface area contributed by atoms with Gasteiger partial charge >= 0.3 is 6.18 Å². The third-order valence-electron chi connectivity index (χ3n) is 4.45. The van der Waals surface area contributed by atoms with Crippen molar-refractivity contribution in [3.63, 3.8) is 0 Å². The fourth-order valence-corrected chi connectivity index (χ4v) is 2.75. The Bertz CT molecular complexity index is 1000. The van der Waals surface area contributed by atoms with Crippen LogP contribution in [-0.2, 0) is 15.0 Å². The molecule has 1 amide bonds. The Labute approximate surface area is 193 Å². The highest BCUT2D eigenvalue weighted by atomic mass is 19.4. The number of aromatic nitrogens is 2. The molecule has 186 valence electrons. The van der Waals surface area contributed by atoms with Gasteiger partial charge in [-0.15, -0.1) is 0 Å². The molecule has 0 bridgehead atoms. The summed E-state index contributed by atoms with van der Waals surface area (Å²) in [5.74, 6) is -2.98. The second-order valence-electron chi connectivity index (χ2n) is 7.14. The highest BCUT2D eigenvalue weighted by Gasteiger charge is 2.38. The van der Waals surface area contributed by atoms with Crippen LogP contribution in [0.1, 0.15) is 29.9 Å². The SMILES string of the molecule is CCOC[C@](C)(/N=C(/N)C(F)(F)F)c1cc(NC(=O)c2cnc(OCCOC)cn2)ccc1F. The Balaban J connectivity index is 2.29. The predicted molar refractivity (Wildman–Crippen MR) is 115 cm³/mol. The molecule has 0 saturated heterocycles. The Morgan fingerprint density at radius 1 is 1.21 bits per heavy atom. The van der Waals surface area contributed by atoms with Gasteiger partial charge in [0.2, 0.25) is 11.7 Å². The summed E-state index contributed by atoms with van der Waals surface area (Å²) in [6, 6.07) is 3.40. The molecule has 1 aromatic carbocycles. The summed E-state index contributed by atoms with van der Waals surface area (Å²) < 4.78 is 69.0. The minimum Gasteiger partial charge on any atom is -0.474 e. The first-order valence-corrected chi connectivity index (χ1v) is 10.1. The number of halogens is 4. The van der Waals surface area contributed by atoms with Crippen LogP contribution in [-0.4, -0.2) is 61.4 Å². The average Bonchev–Trinajstić information content (AvgIpc) is 2.79. The van der Waals surface area contributed by atoms with Gasteiger partial charge in [-0.1, -0.05) is 0 Å². The first-order valence-electron chi connectivity index (χ1n) is 10.1. The number of rotatable bonds is 11. The van der Waals surface area contributed by atoms with Crippen LogP contribution < -0.4 is 15.8 Å². The van der Waals surface area contributed by atoms with Crippen molar-refractivity contribution in [1.29, 1.82) is 0 Å². The lowest BCUT2D eigenvalue weighted by Gasteiger charge is -2.27. The molecule has 1 atom stereocenters. The number of amidine groups is 1. The summed E-state index contributed by atoms with van der Waals surface area (Å²) in [5, 5.41) is 2.50. The monoisotopic (exact) mass is 487 g/mol. The lowest BCUT2D eigenvalue weighted by molar-refractivity contribution is -0.0609. The summed E-state index contributed by atoms with van der Waals surface area (Å²) in [6.45, 7) is 3.23. The Morgan fingerprint density at radius 2 is 1.94 bits per heavy atom. The molecule has 0 fully saturated rings. The van der Waals surface area contributed by atoms with Crippen molar-refractivity contribution < 1.29 is 36.6 Å². The molecule has 0 aliphatic carbocycles. The topological polar surface area (TPSA) is 121 Å². The van der Waals surface area contributed by atoms with Crippen molar-refractivity contribution >= 4 is 17.4 Å². The van der Waals surface area contributed by atoms with Crippen LogP contribution in [0, 0.1) is 5.82 Å². The Hall–Kier alpha value is -3.32. The summed E-state index contributed by atoms with van der Waals surface area (Å²) in [6.07, 6.45) is -2.49. The van der Waals surface area contributed by atoms with E-state index in [0.29, 0.717) is 6.61 Å². The normalized spacial score (nSPS) is 13.9. The fraction of sp³-hybridized carbons (Fsp3) is 0.429. The van der Waals surface area contributed by atoms with Gasteiger partial charge < -0.3 is 25.3 Å². The molecule has 2 rings (SSSR count). The summed E-state index contributed by atoms with van der Waals surface area (Å²) in [5.41, 5.74) is 3.04. The molecule has 0 spiro atoms. The summed E-state index contributed by atoms with van der Waals surface area (Å²) >= 11 is 0. The van der Waals surface area contributed by atoms with Crippen LogP contribution in [0.15, 0.2) is 35.6 Å². The lowest BCUT2D eigenvalue weighted by Crippen LogP contribution is -2.37. The van der Waals surface area contributed by atoms with E-state index < -0.39 is 29.3 Å². The first kappa shape index (κ1) is 26.9. The van der Waals surface area contributed by atoms with Gasteiger partial charge in [-0.05, 0) is 32.0 Å². The number of carbonyl (C=O) groups is 1. The molecule has 13 heteroatoms. The van der Waals surface area contributed by atoms with E-state index in [1.807, 2.05) is 0 Å². The minimum absolute atomic E-state index is 0.0682. The number of alkyl halides is 3. The third-order valence-corrected chi connectivity index (χ3v) is 4.45. The smallest absolute Gasteiger partial charge is 0.448 e. The van der Waals surface area contributed by atoms with Crippen molar-refractivity contribution in [2.24, 2.45) is 10.7 Å². The third kappa shape index (κ3) is 7.35. The molecule has 0 aliphatic rings. The van der Waals surface area contributed by atoms with Gasteiger partial charge in [-0.25, -0.2) is 14.4 Å². The highest BCUT2D eigenvalue weighted by Crippen LogP contribution is 2.32. The number of benzene rings is 1. The molecule has 0 aliphatic heterocycles. The van der Waals surface area contributed by atoms with Crippen LogP contribution in [0.4, 0.5) is 23.2 Å². The van der Waals surface area contributed by atoms with Gasteiger partial charge in [-0.3, -0.25) is 9.79 Å². The molecule has 9 nitrogen and oxygen atoms in total. The number of anilines is 1. The van der Waals surface area contributed by atoms with E-state index in [9.17, 15) is 22.4 Å². The van der Waals surface area contributed by atoms with E-state index in [1.54, 1.807) is 6.92 Å². The van der Waals surface area contributed by atoms with Gasteiger partial charge in [0.15, 0.2) is 0 Å². The van der Waals surface area contributed by atoms with Crippen LogP contribution in [0.3, 0.4) is 0 Å². The van der Waals surface area contributed by atoms with Gasteiger partial charge in [-0.2, -0.15) is 13.2 Å². The second kappa shape index (κ2) is 11.7. The largest absolute Gasteiger partial charge is 0.474 e. The number of nitrogens with one attached hydrogen (secondary N) is 1. The summed E-state index contributed by atoms with van der Waals surface area (Å²) in [7, 11) is 1.51. The van der Waals surface area contributed by atoms with Crippen molar-refractivity contribution in [3.05, 3.63) is 47.7 Å². The Morgan fingerprint density at radius 3 is 2.53 bits per heavy atom. The number of hydrogen-bond acceptors (Lipinski definition) is 7. The molecule has 3 N–H and O–H groups in total. The maximum absolute atomic E-state index is 14.7. The Kier molecular flexibility index (Phi) is 9.27. The van der Waals surface area contributed by atoms with Gasteiger partial charge in [0.25, 0.3) is 5.91 Å². The lowest BCUT2D eigenvalue weighted by atomic mass is 9.92. The maximum Gasteiger partial charge on any atom is 0.448 e. The second-order valence-corrected chi connectivity index (χ2v) is 7.14. The van der Waals surface area contributed by atoms with Crippen molar-refractivity contribution in [1.82, 2.24) is 9.97 Å². The van der Waals surface area contributed by atoms with E-state index in [2.05, 4.69) is 20.3 Å². The number of aliphatic imine (C=N–C) groups is 1. The van der Waals surface area contributed by atoms with E-state index in [-0.39, 0.29) is 42.6 Å². The van der Waals surface area contributed by atoms with Gasteiger partial charge in [0.1, 0.15) is 23.7 Å². The number of hydrogen-bond donors (Lipinski definition) is 2. The molecule has 0 radical (unpaired) electrons. The highest BCUT2D eigenvalue weighted by molar-refractivity contribution is 6.02. The number of amides is 1. The van der Waals surface area contributed by atoms with Crippen LogP contribution in [0.25, 0.3) is 0 Å². The zero-order valence-electron chi connectivity index (χ0n) is 18.8. The number of nitrogens with two attached hydrogens (primary N) is 1. The molecular formula is C21H25F4N5O4. The molecule has 1 aromatic heterocycles. The zero-order valence-corrected chi connectivity index (χ0v) is 18.8. The zero-order chi connectivity index (χ0) is 25.4. The van der Waals surface area contributed by atoms with E-state index in [0.717, 1.165) is 12.1 Å². The molecule has 2 aromatic rings. The van der Waals surface area contributed by atoms with E-state index >= 15 is 0 Å². The molecule has 0 saturated carbocycles. The van der Waals surface area contributed by atoms with E-state index in [1.165, 1.54) is 32.5 Å². The molecule has 1 heterocycles. The van der Waals surface area contributed by atoms with E-state index in [4.69, 9.17) is 19.9 Å². The van der Waals surface area contributed by atoms with Crippen LogP contribution in [0.5, 0.6) is 5.88 Å². The molecular weight excluding hydrogens is 462 g/mol. The number of nitrogens with zero attached hydrogens (tertiary/aromatic N) is 3.